The zero-order chi connectivity index (χ0) is 14.5. The molecule has 20 heavy (non-hydrogen) atoms. The highest BCUT2D eigenvalue weighted by Gasteiger charge is 2.19. The van der Waals surface area contributed by atoms with E-state index in [1.165, 1.54) is 64.2 Å². The topological polar surface area (TPSA) is 29.5 Å². The largest absolute Gasteiger partial charge is 0.393 e. The number of hydrogen-bond acceptors (Lipinski definition) is 2. The third kappa shape index (κ3) is 9.77. The standard InChI is InChI=1S/C18H36O2/c1-2-3-4-5-6-7-8-9-10-11-16-20-18-14-12-17(19)13-15-18/h17-19H,2-16H2,1H3. The second-order valence-corrected chi connectivity index (χ2v) is 6.48. The summed E-state index contributed by atoms with van der Waals surface area (Å²) >= 11 is 0. The van der Waals surface area contributed by atoms with Gasteiger partial charge in [-0.2, -0.15) is 0 Å². The lowest BCUT2D eigenvalue weighted by Gasteiger charge is -2.25. The van der Waals surface area contributed by atoms with E-state index in [0.717, 1.165) is 32.3 Å². The average Bonchev–Trinajstić information content (AvgIpc) is 2.47. The van der Waals surface area contributed by atoms with Crippen molar-refractivity contribution >= 4 is 0 Å². The zero-order valence-electron chi connectivity index (χ0n) is 13.6. The Morgan fingerprint density at radius 3 is 1.80 bits per heavy atom. The minimum Gasteiger partial charge on any atom is -0.393 e. The molecule has 0 unspecified atom stereocenters. The van der Waals surface area contributed by atoms with Gasteiger partial charge in [0.25, 0.3) is 0 Å². The van der Waals surface area contributed by atoms with Crippen molar-refractivity contribution in [3.8, 4) is 0 Å². The third-order valence-corrected chi connectivity index (χ3v) is 4.50. The van der Waals surface area contributed by atoms with E-state index in [2.05, 4.69) is 6.92 Å². The Kier molecular flexibility index (Phi) is 11.4. The molecule has 1 aliphatic carbocycles. The first-order chi connectivity index (χ1) is 9.83. The summed E-state index contributed by atoms with van der Waals surface area (Å²) in [5, 5.41) is 9.43. The molecule has 2 nitrogen and oxygen atoms in total. The number of aliphatic hydroxyl groups is 1. The second kappa shape index (κ2) is 12.6. The Morgan fingerprint density at radius 2 is 1.25 bits per heavy atom. The summed E-state index contributed by atoms with van der Waals surface area (Å²) in [6, 6.07) is 0. The molecule has 0 aliphatic heterocycles. The molecule has 0 aromatic rings. The number of hydrogen-bond donors (Lipinski definition) is 1. The SMILES string of the molecule is CCCCCCCCCCCCOC1CCC(O)CC1. The highest BCUT2D eigenvalue weighted by Crippen LogP contribution is 2.21. The van der Waals surface area contributed by atoms with Crippen molar-refractivity contribution in [2.75, 3.05) is 6.61 Å². The van der Waals surface area contributed by atoms with Crippen molar-refractivity contribution in [3.05, 3.63) is 0 Å². The van der Waals surface area contributed by atoms with E-state index in [1.807, 2.05) is 0 Å². The number of rotatable bonds is 12. The fourth-order valence-corrected chi connectivity index (χ4v) is 3.05. The molecule has 1 saturated carbocycles. The minimum absolute atomic E-state index is 0.0628. The molecule has 0 spiro atoms. The van der Waals surface area contributed by atoms with Gasteiger partial charge in [0.15, 0.2) is 0 Å². The van der Waals surface area contributed by atoms with Crippen molar-refractivity contribution in [1.29, 1.82) is 0 Å². The Balaban J connectivity index is 1.74. The molecule has 120 valence electrons. The van der Waals surface area contributed by atoms with Crippen molar-refractivity contribution in [3.63, 3.8) is 0 Å². The quantitative estimate of drug-likeness (QED) is 0.497. The van der Waals surface area contributed by atoms with Crippen LogP contribution in [0.25, 0.3) is 0 Å². The van der Waals surface area contributed by atoms with Crippen LogP contribution in [0, 0.1) is 0 Å². The van der Waals surface area contributed by atoms with Gasteiger partial charge in [-0.1, -0.05) is 64.7 Å². The molecule has 0 radical (unpaired) electrons. The van der Waals surface area contributed by atoms with Gasteiger partial charge in [-0.05, 0) is 32.1 Å². The predicted molar refractivity (Wildman–Crippen MR) is 86.1 cm³/mol. The first-order valence-corrected chi connectivity index (χ1v) is 9.12. The summed E-state index contributed by atoms with van der Waals surface area (Å²) in [5.74, 6) is 0. The lowest BCUT2D eigenvalue weighted by atomic mass is 9.95. The number of unbranched alkanes of at least 4 members (excludes halogenated alkanes) is 9. The average molecular weight is 284 g/mol. The lowest BCUT2D eigenvalue weighted by molar-refractivity contribution is -0.00447. The van der Waals surface area contributed by atoms with Crippen LogP contribution in [0.3, 0.4) is 0 Å². The Morgan fingerprint density at radius 1 is 0.750 bits per heavy atom. The summed E-state index contributed by atoms with van der Waals surface area (Å²) in [6.45, 7) is 3.20. The highest BCUT2D eigenvalue weighted by atomic mass is 16.5. The smallest absolute Gasteiger partial charge is 0.0577 e. The van der Waals surface area contributed by atoms with Gasteiger partial charge in [-0.25, -0.2) is 0 Å². The maximum absolute atomic E-state index is 9.43. The van der Waals surface area contributed by atoms with Crippen molar-refractivity contribution in [2.45, 2.75) is 109 Å². The fraction of sp³-hybridized carbons (Fsp3) is 1.00. The predicted octanol–water partition coefficient (Wildman–Crippen LogP) is 5.23. The van der Waals surface area contributed by atoms with Crippen LogP contribution in [0.15, 0.2) is 0 Å². The molecule has 0 atom stereocenters. The summed E-state index contributed by atoms with van der Waals surface area (Å²) < 4.78 is 5.89. The molecule has 0 amide bonds. The van der Waals surface area contributed by atoms with Crippen LogP contribution in [-0.2, 0) is 4.74 Å². The van der Waals surface area contributed by atoms with Crippen LogP contribution in [0.1, 0.15) is 96.8 Å². The summed E-state index contributed by atoms with van der Waals surface area (Å²) in [4.78, 5) is 0. The van der Waals surface area contributed by atoms with E-state index in [-0.39, 0.29) is 6.10 Å². The summed E-state index contributed by atoms with van der Waals surface area (Å²) in [6.07, 6.45) is 18.1. The van der Waals surface area contributed by atoms with Gasteiger partial charge in [-0.15, -0.1) is 0 Å². The van der Waals surface area contributed by atoms with Gasteiger partial charge >= 0.3 is 0 Å². The van der Waals surface area contributed by atoms with Gasteiger partial charge in [0.05, 0.1) is 12.2 Å². The summed E-state index contributed by atoms with van der Waals surface area (Å²) in [5.41, 5.74) is 0. The van der Waals surface area contributed by atoms with Crippen LogP contribution in [-0.4, -0.2) is 23.9 Å². The Labute approximate surface area is 126 Å². The minimum atomic E-state index is -0.0628. The van der Waals surface area contributed by atoms with Gasteiger partial charge in [-0.3, -0.25) is 0 Å². The third-order valence-electron chi connectivity index (χ3n) is 4.50. The van der Waals surface area contributed by atoms with Crippen molar-refractivity contribution in [2.24, 2.45) is 0 Å². The van der Waals surface area contributed by atoms with Crippen LogP contribution in [0.2, 0.25) is 0 Å². The van der Waals surface area contributed by atoms with Crippen molar-refractivity contribution < 1.29 is 9.84 Å². The molecule has 0 saturated heterocycles. The normalized spacial score (nSPS) is 23.1. The maximum atomic E-state index is 9.43. The number of ether oxygens (including phenoxy) is 1. The molecule has 0 bridgehead atoms. The zero-order valence-corrected chi connectivity index (χ0v) is 13.6. The monoisotopic (exact) mass is 284 g/mol. The molecular formula is C18H36O2. The molecule has 0 aromatic carbocycles. The Bertz CT molecular complexity index is 198. The van der Waals surface area contributed by atoms with Crippen LogP contribution in [0.5, 0.6) is 0 Å². The van der Waals surface area contributed by atoms with Crippen LogP contribution < -0.4 is 0 Å². The van der Waals surface area contributed by atoms with Gasteiger partial charge < -0.3 is 9.84 Å². The molecule has 0 aromatic heterocycles. The van der Waals surface area contributed by atoms with Gasteiger partial charge in [0.1, 0.15) is 0 Å². The molecule has 2 heteroatoms. The van der Waals surface area contributed by atoms with E-state index in [9.17, 15) is 5.11 Å². The van der Waals surface area contributed by atoms with E-state index >= 15 is 0 Å². The van der Waals surface area contributed by atoms with E-state index in [1.54, 1.807) is 0 Å². The van der Waals surface area contributed by atoms with E-state index in [0.29, 0.717) is 6.10 Å². The van der Waals surface area contributed by atoms with E-state index in [4.69, 9.17) is 4.74 Å². The molecule has 1 N–H and O–H groups in total. The molecule has 0 heterocycles. The van der Waals surface area contributed by atoms with Crippen LogP contribution in [0.4, 0.5) is 0 Å². The first-order valence-electron chi connectivity index (χ1n) is 9.12. The van der Waals surface area contributed by atoms with Gasteiger partial charge in [0.2, 0.25) is 0 Å². The maximum Gasteiger partial charge on any atom is 0.0577 e. The lowest BCUT2D eigenvalue weighted by Crippen LogP contribution is -2.24. The fourth-order valence-electron chi connectivity index (χ4n) is 3.05. The van der Waals surface area contributed by atoms with Gasteiger partial charge in [0, 0.05) is 6.61 Å². The molecule has 1 rings (SSSR count). The number of aliphatic hydroxyl groups excluding tert-OH is 1. The summed E-state index contributed by atoms with van der Waals surface area (Å²) in [7, 11) is 0. The molecule has 1 aliphatic rings. The Hall–Kier alpha value is -0.0800. The van der Waals surface area contributed by atoms with Crippen molar-refractivity contribution in [1.82, 2.24) is 0 Å². The van der Waals surface area contributed by atoms with Crippen LogP contribution >= 0.6 is 0 Å². The molecule has 1 fully saturated rings. The molecular weight excluding hydrogens is 248 g/mol. The van der Waals surface area contributed by atoms with E-state index < -0.39 is 0 Å². The highest BCUT2D eigenvalue weighted by molar-refractivity contribution is 4.71. The second-order valence-electron chi connectivity index (χ2n) is 6.48. The first kappa shape index (κ1) is 18.0.